The molecule has 5 nitrogen and oxygen atoms in total. The summed E-state index contributed by atoms with van der Waals surface area (Å²) in [6.07, 6.45) is 6.16. The Labute approximate surface area is 162 Å². The molecule has 7 heteroatoms. The van der Waals surface area contributed by atoms with Crippen molar-refractivity contribution in [2.24, 2.45) is 3.77 Å². The van der Waals surface area contributed by atoms with E-state index in [1.165, 1.54) is 30.5 Å². The van der Waals surface area contributed by atoms with Crippen LogP contribution in [-0.4, -0.2) is 24.0 Å². The first-order chi connectivity index (χ1) is 12.7. The molecule has 2 aromatic rings. The van der Waals surface area contributed by atoms with Crippen molar-refractivity contribution < 1.29 is 17.7 Å². The van der Waals surface area contributed by atoms with Crippen molar-refractivity contribution in [1.82, 2.24) is 0 Å². The first kappa shape index (κ1) is 21.4. The second kappa shape index (κ2) is 8.89. The number of phenolic OH excluding ortho intramolecular Hbond substituents is 1. The highest BCUT2D eigenvalue weighted by Gasteiger charge is 2.18. The number of rotatable bonds is 8. The van der Waals surface area contributed by atoms with E-state index in [1.807, 2.05) is 6.92 Å². The highest BCUT2D eigenvalue weighted by molar-refractivity contribution is 8.03. The summed E-state index contributed by atoms with van der Waals surface area (Å²) in [4.78, 5) is 0.322. The van der Waals surface area contributed by atoms with Gasteiger partial charge in [-0.1, -0.05) is 43.9 Å². The predicted molar refractivity (Wildman–Crippen MR) is 109 cm³/mol. The number of nitrogens with zero attached hydrogens (tertiary/aromatic N) is 1. The summed E-state index contributed by atoms with van der Waals surface area (Å²) < 4.78 is 41.8. The van der Waals surface area contributed by atoms with Gasteiger partial charge in [-0.05, 0) is 55.7 Å². The van der Waals surface area contributed by atoms with Gasteiger partial charge in [-0.15, -0.1) is 3.77 Å². The monoisotopic (exact) mass is 409 g/mol. The lowest BCUT2D eigenvalue weighted by molar-refractivity contribution is 0.465. The van der Waals surface area contributed by atoms with Gasteiger partial charge in [-0.25, -0.2) is 4.21 Å². The summed E-state index contributed by atoms with van der Waals surface area (Å²) in [6, 6.07) is 10.8. The maximum absolute atomic E-state index is 13.1. The van der Waals surface area contributed by atoms with Crippen LogP contribution in [0.2, 0.25) is 0 Å². The number of aryl methyl sites for hydroxylation is 2. The van der Waals surface area contributed by atoms with Crippen molar-refractivity contribution in [3.63, 3.8) is 0 Å². The lowest BCUT2D eigenvalue weighted by atomic mass is 10.1. The molecule has 2 rings (SSSR count). The zero-order valence-electron chi connectivity index (χ0n) is 16.0. The van der Waals surface area contributed by atoms with Crippen molar-refractivity contribution in [3.05, 3.63) is 53.6 Å². The van der Waals surface area contributed by atoms with Crippen LogP contribution in [0, 0.1) is 6.92 Å². The molecule has 0 amide bonds. The Kier molecular flexibility index (Phi) is 7.06. The summed E-state index contributed by atoms with van der Waals surface area (Å²) in [7, 11) is -7.22. The second-order valence-electron chi connectivity index (χ2n) is 6.77. The molecule has 1 atom stereocenters. The largest absolute Gasteiger partial charge is 0.508 e. The van der Waals surface area contributed by atoms with Crippen LogP contribution >= 0.6 is 0 Å². The third-order valence-electron chi connectivity index (χ3n) is 4.35. The Morgan fingerprint density at radius 1 is 0.926 bits per heavy atom. The fourth-order valence-corrected chi connectivity index (χ4v) is 6.07. The second-order valence-corrected chi connectivity index (χ2v) is 10.9. The van der Waals surface area contributed by atoms with E-state index in [4.69, 9.17) is 0 Å². The van der Waals surface area contributed by atoms with Gasteiger partial charge in [-0.2, -0.15) is 8.42 Å². The average molecular weight is 410 g/mol. The Morgan fingerprint density at radius 2 is 1.56 bits per heavy atom. The molecule has 2 aromatic carbocycles. The molecule has 0 aliphatic heterocycles. The number of unbranched alkanes of at least 4 members (excludes halogenated alkanes) is 3. The molecular weight excluding hydrogens is 382 g/mol. The number of hydrogen-bond acceptors (Lipinski definition) is 4. The number of phenols is 1. The van der Waals surface area contributed by atoms with Crippen LogP contribution in [0.3, 0.4) is 0 Å². The molecule has 0 heterocycles. The first-order valence-electron chi connectivity index (χ1n) is 9.03. The molecule has 0 radical (unpaired) electrons. The lowest BCUT2D eigenvalue weighted by Crippen LogP contribution is -2.05. The molecular formula is C20H27NO4S2. The van der Waals surface area contributed by atoms with Gasteiger partial charge >= 0.3 is 0 Å². The minimum Gasteiger partial charge on any atom is -0.508 e. The fourth-order valence-electron chi connectivity index (χ4n) is 2.72. The molecule has 0 spiro atoms. The average Bonchev–Trinajstić information content (AvgIpc) is 2.59. The van der Waals surface area contributed by atoms with Crippen molar-refractivity contribution in [1.29, 1.82) is 0 Å². The van der Waals surface area contributed by atoms with E-state index in [1.54, 1.807) is 18.2 Å². The van der Waals surface area contributed by atoms with Crippen molar-refractivity contribution >= 4 is 19.8 Å². The van der Waals surface area contributed by atoms with Crippen LogP contribution in [-0.2, 0) is 26.2 Å². The molecule has 0 aliphatic carbocycles. The summed E-state index contributed by atoms with van der Waals surface area (Å²) in [5.74, 6) is 0.131. The standard InChI is InChI=1S/C20H27NO4S2/c1-4-5-6-7-8-17-15-19(13-14-20(17)22)26(3,23)21-27(24,25)18-11-9-16(2)10-12-18/h9-15,22H,4-8H2,1-3H3. The SMILES string of the molecule is CCCCCCc1cc(S(C)(=O)=NS(=O)(=O)c2ccc(C)cc2)ccc1O. The Bertz CT molecular complexity index is 1000. The maximum atomic E-state index is 13.1. The van der Waals surface area contributed by atoms with Crippen molar-refractivity contribution in [3.8, 4) is 5.75 Å². The van der Waals surface area contributed by atoms with Crippen LogP contribution in [0.1, 0.15) is 43.7 Å². The van der Waals surface area contributed by atoms with Gasteiger partial charge in [0.2, 0.25) is 0 Å². The minimum absolute atomic E-state index is 0.0150. The van der Waals surface area contributed by atoms with Crippen LogP contribution < -0.4 is 0 Å². The van der Waals surface area contributed by atoms with E-state index < -0.39 is 19.8 Å². The molecule has 1 N–H and O–H groups in total. The predicted octanol–water partition coefficient (Wildman–Crippen LogP) is 4.67. The maximum Gasteiger partial charge on any atom is 0.290 e. The summed E-state index contributed by atoms with van der Waals surface area (Å²) in [6.45, 7) is 3.98. The number of aromatic hydroxyl groups is 1. The lowest BCUT2D eigenvalue weighted by Gasteiger charge is -2.10. The minimum atomic E-state index is -4.04. The van der Waals surface area contributed by atoms with Gasteiger partial charge in [0.15, 0.2) is 0 Å². The number of hydrogen-bond donors (Lipinski definition) is 1. The molecule has 0 bridgehead atoms. The third kappa shape index (κ3) is 5.81. The van der Waals surface area contributed by atoms with E-state index in [2.05, 4.69) is 10.7 Å². The topological polar surface area (TPSA) is 83.8 Å². The highest BCUT2D eigenvalue weighted by Crippen LogP contribution is 2.26. The highest BCUT2D eigenvalue weighted by atomic mass is 32.3. The number of benzene rings is 2. The number of sulfonamides is 1. The van der Waals surface area contributed by atoms with Gasteiger partial charge < -0.3 is 5.11 Å². The fraction of sp³-hybridized carbons (Fsp3) is 0.400. The third-order valence-corrected chi connectivity index (χ3v) is 8.27. The van der Waals surface area contributed by atoms with Crippen LogP contribution in [0.5, 0.6) is 5.75 Å². The first-order valence-corrected chi connectivity index (χ1v) is 12.4. The Balaban J connectivity index is 2.36. The van der Waals surface area contributed by atoms with E-state index in [-0.39, 0.29) is 10.6 Å². The van der Waals surface area contributed by atoms with Gasteiger partial charge in [0, 0.05) is 11.2 Å². The molecule has 0 aromatic heterocycles. The van der Waals surface area contributed by atoms with Crippen LogP contribution in [0.15, 0.2) is 56.0 Å². The smallest absolute Gasteiger partial charge is 0.290 e. The van der Waals surface area contributed by atoms with Gasteiger partial charge in [0.05, 0.1) is 14.6 Å². The molecule has 27 heavy (non-hydrogen) atoms. The van der Waals surface area contributed by atoms with Gasteiger partial charge in [0.25, 0.3) is 10.0 Å². The van der Waals surface area contributed by atoms with E-state index in [0.29, 0.717) is 16.9 Å². The quantitative estimate of drug-likeness (QED) is 0.642. The van der Waals surface area contributed by atoms with Crippen LogP contribution in [0.4, 0.5) is 0 Å². The van der Waals surface area contributed by atoms with E-state index in [9.17, 15) is 17.7 Å². The van der Waals surface area contributed by atoms with Gasteiger partial charge in [-0.3, -0.25) is 0 Å². The zero-order chi connectivity index (χ0) is 20.1. The molecule has 0 saturated carbocycles. The summed E-state index contributed by atoms with van der Waals surface area (Å²) in [5.41, 5.74) is 1.60. The molecule has 148 valence electrons. The molecule has 0 fully saturated rings. The zero-order valence-corrected chi connectivity index (χ0v) is 17.6. The molecule has 0 saturated heterocycles. The Hall–Kier alpha value is -1.86. The van der Waals surface area contributed by atoms with Crippen molar-refractivity contribution in [2.45, 2.75) is 55.7 Å². The van der Waals surface area contributed by atoms with Crippen LogP contribution in [0.25, 0.3) is 0 Å². The van der Waals surface area contributed by atoms with Crippen molar-refractivity contribution in [2.75, 3.05) is 6.26 Å². The Morgan fingerprint density at radius 3 is 2.19 bits per heavy atom. The van der Waals surface area contributed by atoms with Gasteiger partial charge in [0.1, 0.15) is 5.75 Å². The molecule has 1 unspecified atom stereocenters. The molecule has 0 aliphatic rings. The summed E-state index contributed by atoms with van der Waals surface area (Å²) in [5, 5.41) is 10.1. The van der Waals surface area contributed by atoms with E-state index in [0.717, 1.165) is 31.2 Å². The summed E-state index contributed by atoms with van der Waals surface area (Å²) >= 11 is 0. The van der Waals surface area contributed by atoms with E-state index >= 15 is 0 Å². The normalized spacial score (nSPS) is 13.9.